The maximum absolute atomic E-state index is 10.6. The molecule has 0 unspecified atom stereocenters. The number of aldehydes is 1. The van der Waals surface area contributed by atoms with Gasteiger partial charge in [-0.2, -0.15) is 0 Å². The molecule has 0 amide bonds. The van der Waals surface area contributed by atoms with Crippen LogP contribution < -0.4 is 0 Å². The predicted molar refractivity (Wildman–Crippen MR) is 47.6 cm³/mol. The zero-order chi connectivity index (χ0) is 9.14. The third kappa shape index (κ3) is 1.33. The SMILES string of the molecule is CCc1ccc(C)c(O)c1C=O. The molecule has 0 atom stereocenters. The van der Waals surface area contributed by atoms with Gasteiger partial charge in [0.25, 0.3) is 0 Å². The summed E-state index contributed by atoms with van der Waals surface area (Å²) in [5.41, 5.74) is 2.07. The fourth-order valence-corrected chi connectivity index (χ4v) is 1.20. The number of hydrogen-bond donors (Lipinski definition) is 1. The van der Waals surface area contributed by atoms with Gasteiger partial charge in [-0.15, -0.1) is 0 Å². The molecule has 0 spiro atoms. The molecule has 0 saturated carbocycles. The smallest absolute Gasteiger partial charge is 0.154 e. The normalized spacial score (nSPS) is 9.83. The molecule has 0 fully saturated rings. The molecular formula is C10H12O2. The highest BCUT2D eigenvalue weighted by Crippen LogP contribution is 2.23. The van der Waals surface area contributed by atoms with Crippen molar-refractivity contribution in [2.24, 2.45) is 0 Å². The lowest BCUT2D eigenvalue weighted by atomic mass is 10.0. The number of hydrogen-bond acceptors (Lipinski definition) is 2. The first kappa shape index (κ1) is 8.78. The Kier molecular flexibility index (Phi) is 2.48. The average molecular weight is 164 g/mol. The second kappa shape index (κ2) is 3.39. The molecule has 1 N–H and O–H groups in total. The Bertz CT molecular complexity index is 303. The van der Waals surface area contributed by atoms with Gasteiger partial charge in [-0.1, -0.05) is 19.1 Å². The number of carbonyl (C=O) groups excluding carboxylic acids is 1. The second-order valence-corrected chi connectivity index (χ2v) is 2.78. The Balaban J connectivity index is 3.35. The molecule has 1 aromatic rings. The molecule has 1 rings (SSSR count). The minimum Gasteiger partial charge on any atom is -0.507 e. The zero-order valence-electron chi connectivity index (χ0n) is 7.29. The Labute approximate surface area is 71.8 Å². The molecule has 64 valence electrons. The van der Waals surface area contributed by atoms with Gasteiger partial charge in [-0.05, 0) is 24.5 Å². The first-order chi connectivity index (χ1) is 5.70. The van der Waals surface area contributed by atoms with Gasteiger partial charge >= 0.3 is 0 Å². The molecule has 1 aromatic carbocycles. The minimum atomic E-state index is 0.115. The van der Waals surface area contributed by atoms with E-state index in [0.717, 1.165) is 17.5 Å². The molecule has 2 nitrogen and oxygen atoms in total. The van der Waals surface area contributed by atoms with Crippen LogP contribution in [0.1, 0.15) is 28.4 Å². The summed E-state index contributed by atoms with van der Waals surface area (Å²) in [5.74, 6) is 0.115. The van der Waals surface area contributed by atoms with Crippen LogP contribution in [0.3, 0.4) is 0 Å². The van der Waals surface area contributed by atoms with Gasteiger partial charge in [0.05, 0.1) is 5.56 Å². The second-order valence-electron chi connectivity index (χ2n) is 2.78. The van der Waals surface area contributed by atoms with Crippen molar-refractivity contribution in [2.75, 3.05) is 0 Å². The molecular weight excluding hydrogens is 152 g/mol. The Morgan fingerprint density at radius 3 is 2.67 bits per heavy atom. The van der Waals surface area contributed by atoms with Crippen LogP contribution in [0.4, 0.5) is 0 Å². The standard InChI is InChI=1S/C10H12O2/c1-3-8-5-4-7(2)10(12)9(8)6-11/h4-6,12H,3H2,1-2H3. The maximum atomic E-state index is 10.6. The highest BCUT2D eigenvalue weighted by Gasteiger charge is 2.07. The largest absolute Gasteiger partial charge is 0.507 e. The van der Waals surface area contributed by atoms with E-state index in [-0.39, 0.29) is 5.75 Å². The first-order valence-electron chi connectivity index (χ1n) is 3.97. The van der Waals surface area contributed by atoms with Crippen LogP contribution in [0, 0.1) is 6.92 Å². The third-order valence-electron chi connectivity index (χ3n) is 2.01. The van der Waals surface area contributed by atoms with Crippen LogP contribution in [0.15, 0.2) is 12.1 Å². The Morgan fingerprint density at radius 1 is 1.50 bits per heavy atom. The van der Waals surface area contributed by atoms with E-state index in [1.54, 1.807) is 6.92 Å². The molecule has 12 heavy (non-hydrogen) atoms. The number of phenolic OH excluding ortho intramolecular Hbond substituents is 1. The number of carbonyl (C=O) groups is 1. The van der Waals surface area contributed by atoms with Crippen molar-refractivity contribution in [2.45, 2.75) is 20.3 Å². The van der Waals surface area contributed by atoms with E-state index in [2.05, 4.69) is 0 Å². The summed E-state index contributed by atoms with van der Waals surface area (Å²) in [4.78, 5) is 10.6. The Hall–Kier alpha value is -1.31. The number of aryl methyl sites for hydroxylation is 2. The van der Waals surface area contributed by atoms with Gasteiger partial charge in [-0.3, -0.25) is 4.79 Å². The van der Waals surface area contributed by atoms with E-state index in [1.807, 2.05) is 19.1 Å². The third-order valence-corrected chi connectivity index (χ3v) is 2.01. The van der Waals surface area contributed by atoms with Gasteiger partial charge in [0.2, 0.25) is 0 Å². The topological polar surface area (TPSA) is 37.3 Å². The summed E-state index contributed by atoms with van der Waals surface area (Å²) in [6.07, 6.45) is 1.48. The van der Waals surface area contributed by atoms with Gasteiger partial charge in [0.1, 0.15) is 5.75 Å². The lowest BCUT2D eigenvalue weighted by Crippen LogP contribution is -1.92. The summed E-state index contributed by atoms with van der Waals surface area (Å²) >= 11 is 0. The van der Waals surface area contributed by atoms with Crippen LogP contribution in [0.2, 0.25) is 0 Å². The van der Waals surface area contributed by atoms with Crippen LogP contribution in [-0.4, -0.2) is 11.4 Å². The molecule has 0 aliphatic carbocycles. The molecule has 0 radical (unpaired) electrons. The van der Waals surface area contributed by atoms with Crippen molar-refractivity contribution in [3.8, 4) is 5.75 Å². The number of benzene rings is 1. The number of phenols is 1. The monoisotopic (exact) mass is 164 g/mol. The lowest BCUT2D eigenvalue weighted by Gasteiger charge is -2.05. The van der Waals surface area contributed by atoms with E-state index in [1.165, 1.54) is 0 Å². The van der Waals surface area contributed by atoms with Gasteiger partial charge in [0, 0.05) is 0 Å². The van der Waals surface area contributed by atoms with E-state index in [4.69, 9.17) is 0 Å². The first-order valence-corrected chi connectivity index (χ1v) is 3.97. The van der Waals surface area contributed by atoms with Crippen molar-refractivity contribution in [3.63, 3.8) is 0 Å². The summed E-state index contributed by atoms with van der Waals surface area (Å²) < 4.78 is 0. The van der Waals surface area contributed by atoms with Crippen LogP contribution >= 0.6 is 0 Å². The number of aromatic hydroxyl groups is 1. The highest BCUT2D eigenvalue weighted by molar-refractivity contribution is 5.82. The summed E-state index contributed by atoms with van der Waals surface area (Å²) in [5, 5.41) is 9.48. The fourth-order valence-electron chi connectivity index (χ4n) is 1.20. The van der Waals surface area contributed by atoms with Crippen molar-refractivity contribution in [1.29, 1.82) is 0 Å². The summed E-state index contributed by atoms with van der Waals surface area (Å²) in [6, 6.07) is 3.69. The summed E-state index contributed by atoms with van der Waals surface area (Å²) in [7, 11) is 0. The molecule has 0 aromatic heterocycles. The predicted octanol–water partition coefficient (Wildman–Crippen LogP) is 2.08. The lowest BCUT2D eigenvalue weighted by molar-refractivity contribution is 0.112. The van der Waals surface area contributed by atoms with Crippen LogP contribution in [-0.2, 0) is 6.42 Å². The van der Waals surface area contributed by atoms with E-state index in [0.29, 0.717) is 11.8 Å². The molecule has 0 aliphatic rings. The van der Waals surface area contributed by atoms with E-state index in [9.17, 15) is 9.90 Å². The summed E-state index contributed by atoms with van der Waals surface area (Å²) in [6.45, 7) is 3.74. The zero-order valence-corrected chi connectivity index (χ0v) is 7.29. The molecule has 0 aliphatic heterocycles. The van der Waals surface area contributed by atoms with Gasteiger partial charge < -0.3 is 5.11 Å². The molecule has 0 saturated heterocycles. The van der Waals surface area contributed by atoms with E-state index < -0.39 is 0 Å². The van der Waals surface area contributed by atoms with Gasteiger partial charge in [-0.25, -0.2) is 0 Å². The van der Waals surface area contributed by atoms with Crippen molar-refractivity contribution < 1.29 is 9.90 Å². The quantitative estimate of drug-likeness (QED) is 0.679. The van der Waals surface area contributed by atoms with Crippen molar-refractivity contribution >= 4 is 6.29 Å². The van der Waals surface area contributed by atoms with Crippen molar-refractivity contribution in [1.82, 2.24) is 0 Å². The fraction of sp³-hybridized carbons (Fsp3) is 0.300. The maximum Gasteiger partial charge on any atom is 0.154 e. The van der Waals surface area contributed by atoms with Gasteiger partial charge in [0.15, 0.2) is 6.29 Å². The van der Waals surface area contributed by atoms with Crippen molar-refractivity contribution in [3.05, 3.63) is 28.8 Å². The molecule has 0 heterocycles. The Morgan fingerprint density at radius 2 is 2.17 bits per heavy atom. The van der Waals surface area contributed by atoms with Crippen LogP contribution in [0.25, 0.3) is 0 Å². The molecule has 0 bridgehead atoms. The number of rotatable bonds is 2. The van der Waals surface area contributed by atoms with E-state index >= 15 is 0 Å². The highest BCUT2D eigenvalue weighted by atomic mass is 16.3. The average Bonchev–Trinajstić information content (AvgIpc) is 2.09. The molecule has 2 heteroatoms. The minimum absolute atomic E-state index is 0.115. The van der Waals surface area contributed by atoms with Crippen LogP contribution in [0.5, 0.6) is 5.75 Å².